The Balaban J connectivity index is 2.09. The molecule has 0 unspecified atom stereocenters. The zero-order chi connectivity index (χ0) is 19.1. The number of carbonyl (C=O) groups is 1. The molecule has 3 nitrogen and oxygen atoms in total. The molecule has 2 aromatic carbocycles. The van der Waals surface area contributed by atoms with E-state index >= 15 is 0 Å². The van der Waals surface area contributed by atoms with Gasteiger partial charge in [0.1, 0.15) is 11.4 Å². The van der Waals surface area contributed by atoms with Crippen molar-refractivity contribution in [3.8, 4) is 29.2 Å². The lowest BCUT2D eigenvalue weighted by Gasteiger charge is -2.43. The van der Waals surface area contributed by atoms with E-state index in [2.05, 4.69) is 39.7 Å². The molecule has 0 spiro atoms. The molecule has 0 aliphatic carbocycles. The molecule has 1 N–H and O–H groups in total. The van der Waals surface area contributed by atoms with Crippen molar-refractivity contribution in [2.75, 3.05) is 0 Å². The fraction of sp³-hybridized carbons (Fsp3) is 0.348. The van der Waals surface area contributed by atoms with E-state index in [1.165, 1.54) is 0 Å². The molecule has 0 atom stereocenters. The van der Waals surface area contributed by atoms with Crippen LogP contribution in [0.1, 0.15) is 50.8 Å². The van der Waals surface area contributed by atoms with Crippen molar-refractivity contribution in [3.63, 3.8) is 0 Å². The summed E-state index contributed by atoms with van der Waals surface area (Å²) in [6, 6.07) is 11.7. The van der Waals surface area contributed by atoms with E-state index in [1.807, 2.05) is 30.3 Å². The molecule has 2 aromatic rings. The number of ether oxygens (including phenoxy) is 1. The summed E-state index contributed by atoms with van der Waals surface area (Å²) in [4.78, 5) is 10.9. The molecule has 0 saturated heterocycles. The lowest BCUT2D eigenvalue weighted by Crippen LogP contribution is -2.41. The van der Waals surface area contributed by atoms with Gasteiger partial charge in [0.15, 0.2) is 0 Å². The molecule has 26 heavy (non-hydrogen) atoms. The quantitative estimate of drug-likeness (QED) is 0.811. The van der Waals surface area contributed by atoms with Crippen LogP contribution in [-0.4, -0.2) is 16.7 Å². The van der Waals surface area contributed by atoms with Crippen LogP contribution < -0.4 is 4.74 Å². The first-order valence-corrected chi connectivity index (χ1v) is 8.76. The van der Waals surface area contributed by atoms with Crippen LogP contribution >= 0.6 is 0 Å². The van der Waals surface area contributed by atoms with Gasteiger partial charge in [0.25, 0.3) is 0 Å². The minimum atomic E-state index is -0.831. The molecule has 0 saturated carbocycles. The third kappa shape index (κ3) is 3.46. The van der Waals surface area contributed by atoms with Gasteiger partial charge in [0.2, 0.25) is 0 Å². The van der Waals surface area contributed by atoms with E-state index in [0.29, 0.717) is 0 Å². The fourth-order valence-corrected chi connectivity index (χ4v) is 3.98. The van der Waals surface area contributed by atoms with E-state index in [1.54, 1.807) is 0 Å². The average Bonchev–Trinajstić information content (AvgIpc) is 2.52. The molecule has 1 heterocycles. The zero-order valence-corrected chi connectivity index (χ0v) is 15.7. The van der Waals surface area contributed by atoms with Crippen molar-refractivity contribution in [1.82, 2.24) is 0 Å². The number of hydrogen-bond acceptors (Lipinski definition) is 2. The largest absolute Gasteiger partial charge is 0.486 e. The van der Waals surface area contributed by atoms with Crippen LogP contribution in [0.3, 0.4) is 0 Å². The Kier molecular flexibility index (Phi) is 4.32. The maximum absolute atomic E-state index is 10.9. The normalized spacial score (nSPS) is 16.9. The Morgan fingerprint density at radius 1 is 1.15 bits per heavy atom. The van der Waals surface area contributed by atoms with E-state index in [-0.39, 0.29) is 17.4 Å². The summed E-state index contributed by atoms with van der Waals surface area (Å²) in [5.74, 6) is 2.75. The second-order valence-corrected chi connectivity index (χ2v) is 8.23. The van der Waals surface area contributed by atoms with Crippen molar-refractivity contribution in [3.05, 3.63) is 53.1 Å². The van der Waals surface area contributed by atoms with Crippen LogP contribution in [0.15, 0.2) is 36.4 Å². The summed E-state index contributed by atoms with van der Waals surface area (Å²) >= 11 is 0. The Morgan fingerprint density at radius 2 is 1.81 bits per heavy atom. The molecule has 0 bridgehead atoms. The standard InChI is InChI=1S/C23H24O3/c1-6-16-12-18(17-9-7-15(8-10-17)11-20(24)25)13-19-21(16)26-23(4,5)14-22(19,2)3/h1,7-10,12-13H,11,14H2,2-5H3,(H,24,25). The highest BCUT2D eigenvalue weighted by molar-refractivity contribution is 5.73. The number of benzene rings is 2. The van der Waals surface area contributed by atoms with Gasteiger partial charge in [-0.3, -0.25) is 4.79 Å². The van der Waals surface area contributed by atoms with Gasteiger partial charge in [-0.2, -0.15) is 0 Å². The molecule has 0 amide bonds. The minimum absolute atomic E-state index is 0.0238. The van der Waals surface area contributed by atoms with E-state index in [9.17, 15) is 4.79 Å². The van der Waals surface area contributed by atoms with Gasteiger partial charge in [0, 0.05) is 5.56 Å². The van der Waals surface area contributed by atoms with Crippen LogP contribution in [0.2, 0.25) is 0 Å². The van der Waals surface area contributed by atoms with Crippen molar-refractivity contribution < 1.29 is 14.6 Å². The summed E-state index contributed by atoms with van der Waals surface area (Å²) in [6.07, 6.45) is 6.71. The Morgan fingerprint density at radius 3 is 2.38 bits per heavy atom. The van der Waals surface area contributed by atoms with Crippen molar-refractivity contribution in [2.24, 2.45) is 0 Å². The predicted octanol–water partition coefficient (Wildman–Crippen LogP) is 4.80. The number of terminal acetylenes is 1. The zero-order valence-electron chi connectivity index (χ0n) is 15.7. The lowest BCUT2D eigenvalue weighted by atomic mass is 9.72. The van der Waals surface area contributed by atoms with Crippen molar-refractivity contribution in [1.29, 1.82) is 0 Å². The molecule has 0 aromatic heterocycles. The van der Waals surface area contributed by atoms with Crippen LogP contribution in [-0.2, 0) is 16.6 Å². The molecular formula is C23H24O3. The van der Waals surface area contributed by atoms with Gasteiger partial charge in [-0.1, -0.05) is 44.0 Å². The summed E-state index contributed by atoms with van der Waals surface area (Å²) < 4.78 is 6.22. The first kappa shape index (κ1) is 18.1. The SMILES string of the molecule is C#Cc1cc(-c2ccc(CC(=O)O)cc2)cc2c1OC(C)(C)CC2(C)C. The first-order chi connectivity index (χ1) is 12.1. The molecule has 3 heteroatoms. The topological polar surface area (TPSA) is 46.5 Å². The third-order valence-corrected chi connectivity index (χ3v) is 4.86. The van der Waals surface area contributed by atoms with Gasteiger partial charge < -0.3 is 9.84 Å². The summed E-state index contributed by atoms with van der Waals surface area (Å²) in [6.45, 7) is 8.62. The maximum atomic E-state index is 10.9. The summed E-state index contributed by atoms with van der Waals surface area (Å²) in [5.41, 5.74) is 4.38. The van der Waals surface area contributed by atoms with Gasteiger partial charge in [-0.25, -0.2) is 0 Å². The van der Waals surface area contributed by atoms with E-state index in [0.717, 1.165) is 40.0 Å². The van der Waals surface area contributed by atoms with Gasteiger partial charge in [0.05, 0.1) is 12.0 Å². The highest BCUT2D eigenvalue weighted by Crippen LogP contribution is 2.47. The van der Waals surface area contributed by atoms with Crippen LogP contribution in [0.5, 0.6) is 5.75 Å². The molecule has 134 valence electrons. The second-order valence-electron chi connectivity index (χ2n) is 8.23. The monoisotopic (exact) mass is 348 g/mol. The second kappa shape index (κ2) is 6.21. The highest BCUT2D eigenvalue weighted by atomic mass is 16.5. The van der Waals surface area contributed by atoms with Gasteiger partial charge in [-0.15, -0.1) is 6.42 Å². The van der Waals surface area contributed by atoms with Gasteiger partial charge in [-0.05, 0) is 54.5 Å². The lowest BCUT2D eigenvalue weighted by molar-refractivity contribution is -0.136. The smallest absolute Gasteiger partial charge is 0.307 e. The van der Waals surface area contributed by atoms with Gasteiger partial charge >= 0.3 is 5.97 Å². The number of rotatable bonds is 3. The van der Waals surface area contributed by atoms with Crippen molar-refractivity contribution in [2.45, 2.75) is 51.6 Å². The number of hydrogen-bond donors (Lipinski definition) is 1. The molecule has 1 aliphatic heterocycles. The molecule has 3 rings (SSSR count). The fourth-order valence-electron chi connectivity index (χ4n) is 3.98. The Bertz CT molecular complexity index is 896. The van der Waals surface area contributed by atoms with Crippen LogP contribution in [0.25, 0.3) is 11.1 Å². The Labute approximate surface area is 155 Å². The number of fused-ring (bicyclic) bond motifs is 1. The van der Waals surface area contributed by atoms with E-state index < -0.39 is 5.97 Å². The Hall–Kier alpha value is -2.73. The molecule has 1 aliphatic rings. The number of aliphatic carboxylic acids is 1. The maximum Gasteiger partial charge on any atom is 0.307 e. The number of carboxylic acids is 1. The summed E-state index contributed by atoms with van der Waals surface area (Å²) in [7, 11) is 0. The first-order valence-electron chi connectivity index (χ1n) is 8.76. The molecule has 0 fully saturated rings. The van der Waals surface area contributed by atoms with Crippen LogP contribution in [0, 0.1) is 12.3 Å². The predicted molar refractivity (Wildman–Crippen MR) is 104 cm³/mol. The highest BCUT2D eigenvalue weighted by Gasteiger charge is 2.40. The average molecular weight is 348 g/mol. The number of carboxylic acid groups (broad SMARTS) is 1. The van der Waals surface area contributed by atoms with E-state index in [4.69, 9.17) is 16.3 Å². The molecular weight excluding hydrogens is 324 g/mol. The minimum Gasteiger partial charge on any atom is -0.486 e. The van der Waals surface area contributed by atoms with Crippen LogP contribution in [0.4, 0.5) is 0 Å². The summed E-state index contributed by atoms with van der Waals surface area (Å²) in [5, 5.41) is 8.92. The third-order valence-electron chi connectivity index (χ3n) is 4.86. The molecule has 0 radical (unpaired) electrons. The van der Waals surface area contributed by atoms with Crippen molar-refractivity contribution >= 4 is 5.97 Å².